The molecule has 196 valence electrons. The SMILES string of the molecule is Cc1cccc(N2CCN(Cn3c(O)c(N=NC(=S)Nc4cccc(C)c4C)c4ccccc43)C[C@H]2C)c1. The highest BCUT2D eigenvalue weighted by molar-refractivity contribution is 7.80. The Balaban J connectivity index is 1.34. The molecule has 1 aromatic heterocycles. The summed E-state index contributed by atoms with van der Waals surface area (Å²) in [4.78, 5) is 4.83. The van der Waals surface area contributed by atoms with Crippen LogP contribution < -0.4 is 10.2 Å². The highest BCUT2D eigenvalue weighted by atomic mass is 32.1. The predicted molar refractivity (Wildman–Crippen MR) is 160 cm³/mol. The van der Waals surface area contributed by atoms with Crippen LogP contribution in [0.4, 0.5) is 17.1 Å². The van der Waals surface area contributed by atoms with E-state index in [1.54, 1.807) is 0 Å². The van der Waals surface area contributed by atoms with Crippen molar-refractivity contribution in [2.75, 3.05) is 29.9 Å². The largest absolute Gasteiger partial charge is 0.493 e. The van der Waals surface area contributed by atoms with Crippen LogP contribution >= 0.6 is 12.2 Å². The van der Waals surface area contributed by atoms with Crippen LogP contribution in [0.25, 0.3) is 10.9 Å². The Morgan fingerprint density at radius 2 is 1.82 bits per heavy atom. The number of aromatic nitrogens is 1. The number of anilines is 2. The number of benzene rings is 3. The second-order valence-corrected chi connectivity index (χ2v) is 10.5. The molecular formula is C30H34N6OS. The molecule has 0 aliphatic carbocycles. The van der Waals surface area contributed by atoms with Gasteiger partial charge in [-0.3, -0.25) is 9.47 Å². The molecule has 0 radical (unpaired) electrons. The van der Waals surface area contributed by atoms with Gasteiger partial charge in [0.15, 0.2) is 5.69 Å². The number of thiocarbonyl (C=S) groups is 1. The van der Waals surface area contributed by atoms with Crippen molar-refractivity contribution in [2.24, 2.45) is 10.2 Å². The highest BCUT2D eigenvalue weighted by Crippen LogP contribution is 2.39. The van der Waals surface area contributed by atoms with Gasteiger partial charge in [-0.1, -0.05) is 42.5 Å². The van der Waals surface area contributed by atoms with Gasteiger partial charge in [-0.25, -0.2) is 0 Å². The standard InChI is InChI=1S/C30H34N6OS/c1-20-9-7-11-24(17-20)35-16-15-34(18-22(35)3)19-36-27-14-6-5-12-25(27)28(29(36)37)32-33-30(38)31-26-13-8-10-21(2)23(26)4/h5-14,17,22,37H,15-16,18-19H2,1-4H3,(H,31,38)/t22-/m1/s1. The zero-order valence-corrected chi connectivity index (χ0v) is 23.2. The maximum atomic E-state index is 11.3. The number of hydrogen-bond donors (Lipinski definition) is 2. The molecule has 1 atom stereocenters. The molecule has 0 bridgehead atoms. The summed E-state index contributed by atoms with van der Waals surface area (Å²) in [5, 5.41) is 24.1. The van der Waals surface area contributed by atoms with Gasteiger partial charge in [-0.15, -0.1) is 10.2 Å². The first-order valence-corrected chi connectivity index (χ1v) is 13.4. The number of piperazine rings is 1. The summed E-state index contributed by atoms with van der Waals surface area (Å²) in [5.74, 6) is 0.0956. The highest BCUT2D eigenvalue weighted by Gasteiger charge is 2.26. The molecule has 4 aromatic rings. The molecule has 1 saturated heterocycles. The minimum atomic E-state index is 0.0956. The smallest absolute Gasteiger partial charge is 0.221 e. The van der Waals surface area contributed by atoms with Crippen LogP contribution in [0.2, 0.25) is 0 Å². The lowest BCUT2D eigenvalue weighted by Crippen LogP contribution is -2.52. The summed E-state index contributed by atoms with van der Waals surface area (Å²) >= 11 is 5.44. The summed E-state index contributed by atoms with van der Waals surface area (Å²) in [6.07, 6.45) is 0. The van der Waals surface area contributed by atoms with Crippen molar-refractivity contribution in [1.29, 1.82) is 0 Å². The molecule has 38 heavy (non-hydrogen) atoms. The topological polar surface area (TPSA) is 68.4 Å². The van der Waals surface area contributed by atoms with Crippen LogP contribution in [-0.2, 0) is 6.67 Å². The fourth-order valence-corrected chi connectivity index (χ4v) is 5.34. The molecule has 2 N–H and O–H groups in total. The van der Waals surface area contributed by atoms with Gasteiger partial charge in [0.05, 0.1) is 12.2 Å². The number of hydrogen-bond acceptors (Lipinski definition) is 5. The Labute approximate surface area is 229 Å². The number of nitrogens with zero attached hydrogens (tertiary/aromatic N) is 5. The summed E-state index contributed by atoms with van der Waals surface area (Å²) < 4.78 is 1.92. The molecule has 1 aliphatic heterocycles. The summed E-state index contributed by atoms with van der Waals surface area (Å²) in [5.41, 5.74) is 7.06. The molecule has 7 nitrogen and oxygen atoms in total. The lowest BCUT2D eigenvalue weighted by Gasteiger charge is -2.41. The molecule has 3 aromatic carbocycles. The third kappa shape index (κ3) is 5.28. The van der Waals surface area contributed by atoms with Gasteiger partial charge in [-0.2, -0.15) is 0 Å². The van der Waals surface area contributed by atoms with Gasteiger partial charge in [-0.05, 0) is 80.9 Å². The Morgan fingerprint density at radius 1 is 1.03 bits per heavy atom. The average molecular weight is 527 g/mol. The van der Waals surface area contributed by atoms with Gasteiger partial charge >= 0.3 is 0 Å². The van der Waals surface area contributed by atoms with E-state index >= 15 is 0 Å². The zero-order valence-electron chi connectivity index (χ0n) is 22.3. The third-order valence-electron chi connectivity index (χ3n) is 7.39. The Bertz CT molecular complexity index is 1510. The maximum absolute atomic E-state index is 11.3. The Kier molecular flexibility index (Phi) is 7.44. The van der Waals surface area contributed by atoms with E-state index < -0.39 is 0 Å². The second-order valence-electron chi connectivity index (χ2n) is 10.1. The van der Waals surface area contributed by atoms with Crippen molar-refractivity contribution in [1.82, 2.24) is 9.47 Å². The molecule has 0 spiro atoms. The van der Waals surface area contributed by atoms with Crippen LogP contribution in [0, 0.1) is 20.8 Å². The van der Waals surface area contributed by atoms with Crippen LogP contribution in [0.15, 0.2) is 77.0 Å². The minimum Gasteiger partial charge on any atom is -0.493 e. The zero-order chi connectivity index (χ0) is 26.8. The van der Waals surface area contributed by atoms with Crippen LogP contribution in [-0.4, -0.2) is 45.4 Å². The molecule has 8 heteroatoms. The van der Waals surface area contributed by atoms with Gasteiger partial charge < -0.3 is 15.3 Å². The first kappa shape index (κ1) is 25.9. The predicted octanol–water partition coefficient (Wildman–Crippen LogP) is 6.92. The molecule has 5 rings (SSSR count). The van der Waals surface area contributed by atoms with Crippen molar-refractivity contribution >= 4 is 45.3 Å². The summed E-state index contributed by atoms with van der Waals surface area (Å²) in [7, 11) is 0. The number of aromatic hydroxyl groups is 1. The molecule has 0 amide bonds. The fraction of sp³-hybridized carbons (Fsp3) is 0.300. The number of rotatable bonds is 5. The van der Waals surface area contributed by atoms with Crippen molar-refractivity contribution in [2.45, 2.75) is 40.4 Å². The van der Waals surface area contributed by atoms with Crippen molar-refractivity contribution in [3.05, 3.63) is 83.4 Å². The lowest BCUT2D eigenvalue weighted by atomic mass is 10.1. The molecular weight excluding hydrogens is 492 g/mol. The summed E-state index contributed by atoms with van der Waals surface area (Å²) in [6.45, 7) is 11.8. The van der Waals surface area contributed by atoms with E-state index in [1.807, 2.05) is 47.9 Å². The number of para-hydroxylation sites is 1. The lowest BCUT2D eigenvalue weighted by molar-refractivity contribution is 0.179. The van der Waals surface area contributed by atoms with Crippen LogP contribution in [0.1, 0.15) is 23.6 Å². The number of aryl methyl sites for hydroxylation is 2. The molecule has 1 aliphatic rings. The fourth-order valence-electron chi connectivity index (χ4n) is 5.19. The van der Waals surface area contributed by atoms with Gasteiger partial charge in [0, 0.05) is 42.4 Å². The molecule has 0 unspecified atom stereocenters. The maximum Gasteiger partial charge on any atom is 0.221 e. The van der Waals surface area contributed by atoms with E-state index in [0.29, 0.717) is 18.4 Å². The van der Waals surface area contributed by atoms with Gasteiger partial charge in [0.1, 0.15) is 0 Å². The van der Waals surface area contributed by atoms with Gasteiger partial charge in [0.2, 0.25) is 11.0 Å². The average Bonchev–Trinajstić information content (AvgIpc) is 3.16. The molecule has 1 fully saturated rings. The van der Waals surface area contributed by atoms with E-state index in [-0.39, 0.29) is 11.0 Å². The number of azo groups is 1. The first-order chi connectivity index (χ1) is 18.3. The first-order valence-electron chi connectivity index (χ1n) is 13.0. The Hall–Kier alpha value is -3.75. The van der Waals surface area contributed by atoms with Crippen molar-refractivity contribution < 1.29 is 5.11 Å². The van der Waals surface area contributed by atoms with Gasteiger partial charge in [0.25, 0.3) is 0 Å². The number of fused-ring (bicyclic) bond motifs is 1. The van der Waals surface area contributed by atoms with Crippen LogP contribution in [0.5, 0.6) is 5.88 Å². The third-order valence-corrected chi connectivity index (χ3v) is 7.57. The molecule has 0 saturated carbocycles. The minimum absolute atomic E-state index is 0.0956. The second kappa shape index (κ2) is 10.9. The van der Waals surface area contributed by atoms with E-state index in [2.05, 4.69) is 76.4 Å². The summed E-state index contributed by atoms with van der Waals surface area (Å²) in [6, 6.07) is 22.9. The van der Waals surface area contributed by atoms with E-state index in [0.717, 1.165) is 41.8 Å². The van der Waals surface area contributed by atoms with Crippen molar-refractivity contribution in [3.63, 3.8) is 0 Å². The van der Waals surface area contributed by atoms with E-state index in [4.69, 9.17) is 12.2 Å². The Morgan fingerprint density at radius 3 is 2.61 bits per heavy atom. The number of nitrogens with one attached hydrogen (secondary N) is 1. The van der Waals surface area contributed by atoms with E-state index in [9.17, 15) is 5.11 Å². The monoisotopic (exact) mass is 526 g/mol. The van der Waals surface area contributed by atoms with Crippen molar-refractivity contribution in [3.8, 4) is 5.88 Å². The van der Waals surface area contributed by atoms with Crippen LogP contribution in [0.3, 0.4) is 0 Å². The normalized spacial score (nSPS) is 16.4. The van der Waals surface area contributed by atoms with E-state index in [1.165, 1.54) is 16.8 Å². The quantitative estimate of drug-likeness (QED) is 0.218. The molecule has 2 heterocycles.